The molecule has 1 aliphatic heterocycles. The van der Waals surface area contributed by atoms with E-state index < -0.39 is 0 Å². The van der Waals surface area contributed by atoms with Crippen LogP contribution in [0.5, 0.6) is 0 Å². The van der Waals surface area contributed by atoms with Gasteiger partial charge < -0.3 is 15.5 Å². The van der Waals surface area contributed by atoms with Crippen LogP contribution < -0.4 is 15.5 Å². The lowest BCUT2D eigenvalue weighted by Crippen LogP contribution is -2.39. The summed E-state index contributed by atoms with van der Waals surface area (Å²) < 4.78 is 1.69. The van der Waals surface area contributed by atoms with Gasteiger partial charge in [-0.25, -0.2) is 14.5 Å². The number of nitrogens with one attached hydrogen (secondary N) is 2. The van der Waals surface area contributed by atoms with Gasteiger partial charge in [-0.3, -0.25) is 0 Å². The summed E-state index contributed by atoms with van der Waals surface area (Å²) in [5.41, 5.74) is 2.41. The summed E-state index contributed by atoms with van der Waals surface area (Å²) >= 11 is 6.35. The van der Waals surface area contributed by atoms with Crippen LogP contribution in [0.1, 0.15) is 18.5 Å². The standard InChI is InChI=1S/C20H21ClN10/c1-13-2-3-17(29-28-13)30-7-4-14(5-8-30)25-19-16(21)12-23-20(27-19)26-15-10-18-22-6-9-31(18)24-11-15/h2-3,6,9-12,14H,4-5,7-8H2,1H3,(H2,23,25,26,27). The first-order valence-corrected chi connectivity index (χ1v) is 10.4. The molecule has 2 N–H and O–H groups in total. The van der Waals surface area contributed by atoms with Crippen molar-refractivity contribution in [3.8, 4) is 0 Å². The number of rotatable bonds is 5. The van der Waals surface area contributed by atoms with Gasteiger partial charge in [-0.2, -0.15) is 15.2 Å². The Morgan fingerprint density at radius 3 is 2.77 bits per heavy atom. The minimum Gasteiger partial charge on any atom is -0.366 e. The van der Waals surface area contributed by atoms with Crippen molar-refractivity contribution in [1.29, 1.82) is 0 Å². The SMILES string of the molecule is Cc1ccc(N2CCC(Nc3nc(Nc4cnn5ccnc5c4)ncc3Cl)CC2)nn1. The zero-order valence-electron chi connectivity index (χ0n) is 16.9. The molecule has 11 heteroatoms. The number of piperidine rings is 1. The number of imidazole rings is 1. The van der Waals surface area contributed by atoms with Crippen LogP contribution in [-0.2, 0) is 0 Å². The van der Waals surface area contributed by atoms with Crippen molar-refractivity contribution in [3.05, 3.63) is 53.7 Å². The second-order valence-corrected chi connectivity index (χ2v) is 7.84. The molecule has 1 fully saturated rings. The lowest BCUT2D eigenvalue weighted by molar-refractivity contribution is 0.521. The molecule has 0 unspecified atom stereocenters. The van der Waals surface area contributed by atoms with E-state index in [1.54, 1.807) is 29.3 Å². The van der Waals surface area contributed by atoms with Crippen molar-refractivity contribution < 1.29 is 0 Å². The number of halogens is 1. The average Bonchev–Trinajstić information content (AvgIpc) is 3.25. The van der Waals surface area contributed by atoms with Crippen LogP contribution in [-0.4, -0.2) is 53.9 Å². The second-order valence-electron chi connectivity index (χ2n) is 7.43. The minimum atomic E-state index is 0.262. The molecule has 1 saturated heterocycles. The molecule has 10 nitrogen and oxygen atoms in total. The molecule has 0 atom stereocenters. The maximum absolute atomic E-state index is 6.35. The first-order valence-electron chi connectivity index (χ1n) is 10.0. The van der Waals surface area contributed by atoms with Gasteiger partial charge in [-0.15, -0.1) is 5.10 Å². The number of aryl methyl sites for hydroxylation is 1. The van der Waals surface area contributed by atoms with E-state index in [0.29, 0.717) is 16.8 Å². The highest BCUT2D eigenvalue weighted by Gasteiger charge is 2.21. The van der Waals surface area contributed by atoms with E-state index >= 15 is 0 Å². The van der Waals surface area contributed by atoms with Crippen LogP contribution in [0, 0.1) is 6.92 Å². The van der Waals surface area contributed by atoms with E-state index in [9.17, 15) is 0 Å². The molecule has 5 heterocycles. The van der Waals surface area contributed by atoms with E-state index in [-0.39, 0.29) is 6.04 Å². The van der Waals surface area contributed by atoms with E-state index in [0.717, 1.165) is 48.8 Å². The molecule has 0 bridgehead atoms. The van der Waals surface area contributed by atoms with Crippen molar-refractivity contribution in [1.82, 2.24) is 34.8 Å². The zero-order valence-corrected chi connectivity index (χ0v) is 17.7. The molecule has 0 saturated carbocycles. The van der Waals surface area contributed by atoms with Gasteiger partial charge in [0, 0.05) is 37.6 Å². The summed E-state index contributed by atoms with van der Waals surface area (Å²) in [7, 11) is 0. The van der Waals surface area contributed by atoms with Crippen molar-refractivity contribution in [2.45, 2.75) is 25.8 Å². The number of nitrogens with zero attached hydrogens (tertiary/aromatic N) is 8. The number of hydrogen-bond acceptors (Lipinski definition) is 9. The van der Waals surface area contributed by atoms with Gasteiger partial charge in [-0.05, 0) is 31.9 Å². The molecule has 0 radical (unpaired) electrons. The van der Waals surface area contributed by atoms with Crippen molar-refractivity contribution in [2.24, 2.45) is 0 Å². The molecule has 4 aromatic heterocycles. The summed E-state index contributed by atoms with van der Waals surface area (Å²) in [5, 5.41) is 19.8. The molecule has 5 rings (SSSR count). The largest absolute Gasteiger partial charge is 0.366 e. The number of fused-ring (bicyclic) bond motifs is 1. The third-order valence-corrected chi connectivity index (χ3v) is 5.48. The van der Waals surface area contributed by atoms with Gasteiger partial charge in [0.1, 0.15) is 5.02 Å². The molecule has 158 valence electrons. The summed E-state index contributed by atoms with van der Waals surface area (Å²) in [5.74, 6) is 1.97. The molecule has 31 heavy (non-hydrogen) atoms. The van der Waals surface area contributed by atoms with Gasteiger partial charge in [0.2, 0.25) is 5.95 Å². The topological polar surface area (TPSA) is 109 Å². The highest BCUT2D eigenvalue weighted by atomic mass is 35.5. The summed E-state index contributed by atoms with van der Waals surface area (Å²) in [6, 6.07) is 6.15. The lowest BCUT2D eigenvalue weighted by Gasteiger charge is -2.33. The molecule has 0 aromatic carbocycles. The molecule has 0 amide bonds. The van der Waals surface area contributed by atoms with Crippen molar-refractivity contribution in [2.75, 3.05) is 28.6 Å². The minimum absolute atomic E-state index is 0.262. The number of anilines is 4. The Kier molecular flexibility index (Phi) is 5.21. The van der Waals surface area contributed by atoms with Crippen LogP contribution in [0.15, 0.2) is 43.0 Å². The first kappa shape index (κ1) is 19.4. The predicted molar refractivity (Wildman–Crippen MR) is 119 cm³/mol. The molecule has 4 aromatic rings. The summed E-state index contributed by atoms with van der Waals surface area (Å²) in [4.78, 5) is 15.3. The maximum Gasteiger partial charge on any atom is 0.229 e. The number of aromatic nitrogens is 7. The van der Waals surface area contributed by atoms with Gasteiger partial charge in [0.05, 0.1) is 23.8 Å². The maximum atomic E-state index is 6.35. The Morgan fingerprint density at radius 1 is 1.10 bits per heavy atom. The van der Waals surface area contributed by atoms with Gasteiger partial charge in [0.15, 0.2) is 17.3 Å². The smallest absolute Gasteiger partial charge is 0.229 e. The fraction of sp³-hybridized carbons (Fsp3) is 0.300. The van der Waals surface area contributed by atoms with Gasteiger partial charge >= 0.3 is 0 Å². The molecule has 0 spiro atoms. The normalized spacial score (nSPS) is 14.7. The van der Waals surface area contributed by atoms with Gasteiger partial charge in [-0.1, -0.05) is 11.6 Å². The highest BCUT2D eigenvalue weighted by Crippen LogP contribution is 2.25. The molecular formula is C20H21ClN10. The fourth-order valence-corrected chi connectivity index (χ4v) is 3.69. The quantitative estimate of drug-likeness (QED) is 0.487. The Morgan fingerprint density at radius 2 is 1.97 bits per heavy atom. The zero-order chi connectivity index (χ0) is 21.2. The van der Waals surface area contributed by atoms with Crippen LogP contribution in [0.25, 0.3) is 5.65 Å². The molecule has 1 aliphatic rings. The Bertz CT molecular complexity index is 1180. The summed E-state index contributed by atoms with van der Waals surface area (Å²) in [6.45, 7) is 3.71. The van der Waals surface area contributed by atoms with Gasteiger partial charge in [0.25, 0.3) is 0 Å². The van der Waals surface area contributed by atoms with Crippen LogP contribution in [0.2, 0.25) is 5.02 Å². The van der Waals surface area contributed by atoms with E-state index in [2.05, 4.69) is 45.8 Å². The van der Waals surface area contributed by atoms with E-state index in [1.807, 2.05) is 25.1 Å². The van der Waals surface area contributed by atoms with Crippen LogP contribution in [0.3, 0.4) is 0 Å². The highest BCUT2D eigenvalue weighted by molar-refractivity contribution is 6.32. The second kappa shape index (κ2) is 8.31. The Hall–Kier alpha value is -3.53. The lowest BCUT2D eigenvalue weighted by atomic mass is 10.1. The Labute approximate surface area is 183 Å². The third-order valence-electron chi connectivity index (χ3n) is 5.20. The van der Waals surface area contributed by atoms with Crippen molar-refractivity contribution >= 4 is 40.5 Å². The molecular weight excluding hydrogens is 416 g/mol. The summed E-state index contributed by atoms with van der Waals surface area (Å²) in [6.07, 6.45) is 8.67. The van der Waals surface area contributed by atoms with Crippen LogP contribution in [0.4, 0.5) is 23.3 Å². The van der Waals surface area contributed by atoms with Crippen LogP contribution >= 0.6 is 11.6 Å². The fourth-order valence-electron chi connectivity index (χ4n) is 3.54. The average molecular weight is 437 g/mol. The monoisotopic (exact) mass is 436 g/mol. The molecule has 0 aliphatic carbocycles. The first-order chi connectivity index (χ1) is 15.1. The Balaban J connectivity index is 1.24. The van der Waals surface area contributed by atoms with Crippen molar-refractivity contribution in [3.63, 3.8) is 0 Å². The van der Waals surface area contributed by atoms with E-state index in [4.69, 9.17) is 11.6 Å². The predicted octanol–water partition coefficient (Wildman–Crippen LogP) is 3.10. The number of hydrogen-bond donors (Lipinski definition) is 2. The van der Waals surface area contributed by atoms with E-state index in [1.165, 1.54) is 0 Å². The third kappa shape index (κ3) is 4.33.